The third-order valence-corrected chi connectivity index (χ3v) is 6.53. The number of anilines is 1. The SMILES string of the molecule is O=C1C[C@@H](c2ccc([N+](=O)[O-])cc2)c2c(n3c4ccccc4nc3n(Cc3ccccc3F)c2=O)N1. The third kappa shape index (κ3) is 3.34. The summed E-state index contributed by atoms with van der Waals surface area (Å²) in [7, 11) is 0. The molecule has 0 radical (unpaired) electrons. The summed E-state index contributed by atoms with van der Waals surface area (Å²) >= 11 is 0. The van der Waals surface area contributed by atoms with Crippen LogP contribution in [-0.4, -0.2) is 24.8 Å². The van der Waals surface area contributed by atoms with Crippen LogP contribution in [-0.2, 0) is 11.3 Å². The lowest BCUT2D eigenvalue weighted by atomic mass is 9.86. The summed E-state index contributed by atoms with van der Waals surface area (Å²) in [5.74, 6) is -0.826. The fraction of sp³-hybridized carbons (Fsp3) is 0.115. The van der Waals surface area contributed by atoms with Crippen LogP contribution >= 0.6 is 0 Å². The number of imidazole rings is 1. The van der Waals surface area contributed by atoms with Crippen molar-refractivity contribution in [2.24, 2.45) is 0 Å². The Morgan fingerprint density at radius 3 is 2.50 bits per heavy atom. The first-order valence-corrected chi connectivity index (χ1v) is 11.2. The third-order valence-electron chi connectivity index (χ3n) is 6.53. The number of hydrogen-bond acceptors (Lipinski definition) is 5. The molecule has 178 valence electrons. The highest BCUT2D eigenvalue weighted by molar-refractivity contribution is 5.96. The molecule has 0 fully saturated rings. The van der Waals surface area contributed by atoms with Crippen LogP contribution in [0.3, 0.4) is 0 Å². The Bertz CT molecular complexity index is 1760. The van der Waals surface area contributed by atoms with Crippen LogP contribution in [0.5, 0.6) is 0 Å². The van der Waals surface area contributed by atoms with Gasteiger partial charge in [0.2, 0.25) is 11.7 Å². The predicted molar refractivity (Wildman–Crippen MR) is 131 cm³/mol. The number of non-ortho nitro benzene ring substituents is 1. The zero-order valence-corrected chi connectivity index (χ0v) is 18.7. The first-order chi connectivity index (χ1) is 17.4. The normalized spacial score (nSPS) is 15.1. The number of carbonyl (C=O) groups is 1. The van der Waals surface area contributed by atoms with Gasteiger partial charge in [0.1, 0.15) is 11.6 Å². The van der Waals surface area contributed by atoms with Crippen molar-refractivity contribution in [2.75, 3.05) is 5.32 Å². The summed E-state index contributed by atoms with van der Waals surface area (Å²) in [6, 6.07) is 19.3. The Labute approximate surface area is 202 Å². The van der Waals surface area contributed by atoms with Gasteiger partial charge in [-0.2, -0.15) is 0 Å². The summed E-state index contributed by atoms with van der Waals surface area (Å²) in [6.45, 7) is -0.0630. The lowest BCUT2D eigenvalue weighted by molar-refractivity contribution is -0.384. The Balaban J connectivity index is 1.66. The van der Waals surface area contributed by atoms with Crippen LogP contribution < -0.4 is 10.9 Å². The number of rotatable bonds is 4. The van der Waals surface area contributed by atoms with Gasteiger partial charge in [-0.15, -0.1) is 0 Å². The molecule has 1 aliphatic heterocycles. The molecule has 0 spiro atoms. The second kappa shape index (κ2) is 8.12. The fourth-order valence-electron chi connectivity index (χ4n) is 4.83. The molecule has 36 heavy (non-hydrogen) atoms. The first kappa shape index (κ1) is 21.7. The molecule has 0 unspecified atom stereocenters. The highest BCUT2D eigenvalue weighted by Crippen LogP contribution is 2.37. The average molecular weight is 483 g/mol. The Morgan fingerprint density at radius 2 is 1.75 bits per heavy atom. The highest BCUT2D eigenvalue weighted by Gasteiger charge is 2.34. The number of fused-ring (bicyclic) bond motifs is 5. The van der Waals surface area contributed by atoms with Gasteiger partial charge >= 0.3 is 0 Å². The van der Waals surface area contributed by atoms with Crippen molar-refractivity contribution in [3.63, 3.8) is 0 Å². The summed E-state index contributed by atoms with van der Waals surface area (Å²) in [4.78, 5) is 42.1. The monoisotopic (exact) mass is 483 g/mol. The molecule has 2 aromatic heterocycles. The van der Waals surface area contributed by atoms with Gasteiger partial charge in [0, 0.05) is 30.0 Å². The summed E-state index contributed by atoms with van der Waals surface area (Å²) in [5.41, 5.74) is 2.01. The second-order valence-electron chi connectivity index (χ2n) is 8.63. The molecule has 0 bridgehead atoms. The molecule has 0 saturated carbocycles. The molecule has 0 saturated heterocycles. The molecule has 10 heteroatoms. The Hall–Kier alpha value is -4.86. The molecule has 1 amide bonds. The van der Waals surface area contributed by atoms with Gasteiger partial charge in [-0.25, -0.2) is 9.37 Å². The number of nitrogens with zero attached hydrogens (tertiary/aromatic N) is 4. The predicted octanol–water partition coefficient (Wildman–Crippen LogP) is 4.22. The van der Waals surface area contributed by atoms with E-state index in [4.69, 9.17) is 0 Å². The minimum atomic E-state index is -0.653. The van der Waals surface area contributed by atoms with Crippen LogP contribution in [0, 0.1) is 15.9 Å². The summed E-state index contributed by atoms with van der Waals surface area (Å²) in [5, 5.41) is 14.0. The van der Waals surface area contributed by atoms with E-state index in [1.54, 1.807) is 40.8 Å². The number of nitro benzene ring substituents is 1. The number of nitro groups is 1. The molecule has 3 heterocycles. The van der Waals surface area contributed by atoms with Crippen LogP contribution in [0.1, 0.15) is 29.0 Å². The van der Waals surface area contributed by atoms with Crippen LogP contribution in [0.25, 0.3) is 16.8 Å². The lowest BCUT2D eigenvalue weighted by Gasteiger charge is -2.27. The van der Waals surface area contributed by atoms with E-state index in [1.165, 1.54) is 22.8 Å². The maximum Gasteiger partial charge on any atom is 0.269 e. The molecule has 1 N–H and O–H groups in total. The number of nitrogens with one attached hydrogen (secondary N) is 1. The summed E-state index contributed by atoms with van der Waals surface area (Å²) < 4.78 is 17.7. The molecule has 9 nitrogen and oxygen atoms in total. The lowest BCUT2D eigenvalue weighted by Crippen LogP contribution is -2.36. The van der Waals surface area contributed by atoms with Crippen LogP contribution in [0.4, 0.5) is 15.9 Å². The molecule has 3 aromatic carbocycles. The molecule has 5 aromatic rings. The van der Waals surface area contributed by atoms with Crippen molar-refractivity contribution in [3.05, 3.63) is 116 Å². The van der Waals surface area contributed by atoms with Gasteiger partial charge < -0.3 is 5.32 Å². The molecular formula is C26H18FN5O4. The van der Waals surface area contributed by atoms with Crippen molar-refractivity contribution in [1.82, 2.24) is 14.0 Å². The van der Waals surface area contributed by atoms with E-state index in [0.717, 1.165) is 0 Å². The van der Waals surface area contributed by atoms with Crippen molar-refractivity contribution in [3.8, 4) is 0 Å². The van der Waals surface area contributed by atoms with Crippen molar-refractivity contribution >= 4 is 34.2 Å². The van der Waals surface area contributed by atoms with Crippen molar-refractivity contribution < 1.29 is 14.1 Å². The Morgan fingerprint density at radius 1 is 1.03 bits per heavy atom. The van der Waals surface area contributed by atoms with E-state index in [0.29, 0.717) is 33.5 Å². The number of para-hydroxylation sites is 2. The Kier molecular flexibility index (Phi) is 4.89. The van der Waals surface area contributed by atoms with E-state index >= 15 is 0 Å². The van der Waals surface area contributed by atoms with Crippen molar-refractivity contribution in [1.29, 1.82) is 0 Å². The summed E-state index contributed by atoms with van der Waals surface area (Å²) in [6.07, 6.45) is -0.0160. The number of amides is 1. The number of hydrogen-bond donors (Lipinski definition) is 1. The van der Waals surface area contributed by atoms with Gasteiger partial charge in [-0.05, 0) is 23.8 Å². The van der Waals surface area contributed by atoms with Gasteiger partial charge in [-0.1, -0.05) is 42.5 Å². The highest BCUT2D eigenvalue weighted by atomic mass is 19.1. The maximum atomic E-state index is 14.6. The largest absolute Gasteiger partial charge is 0.311 e. The number of carbonyl (C=O) groups excluding carboxylic acids is 1. The average Bonchev–Trinajstić information content (AvgIpc) is 3.27. The molecular weight excluding hydrogens is 465 g/mol. The quantitative estimate of drug-likeness (QED) is 0.304. The zero-order chi connectivity index (χ0) is 25.0. The van der Waals surface area contributed by atoms with Gasteiger partial charge in [-0.3, -0.25) is 28.7 Å². The zero-order valence-electron chi connectivity index (χ0n) is 18.7. The van der Waals surface area contributed by atoms with Crippen molar-refractivity contribution in [2.45, 2.75) is 18.9 Å². The molecule has 0 aliphatic carbocycles. The fourth-order valence-corrected chi connectivity index (χ4v) is 4.83. The minimum absolute atomic E-state index is 0.0160. The van der Waals surface area contributed by atoms with Crippen LogP contribution in [0.15, 0.2) is 77.6 Å². The van der Waals surface area contributed by atoms with E-state index in [-0.39, 0.29) is 30.3 Å². The van der Waals surface area contributed by atoms with Gasteiger partial charge in [0.05, 0.1) is 28.1 Å². The van der Waals surface area contributed by atoms with E-state index in [1.807, 2.05) is 18.2 Å². The smallest absolute Gasteiger partial charge is 0.269 e. The molecule has 1 aliphatic rings. The minimum Gasteiger partial charge on any atom is -0.311 e. The van der Waals surface area contributed by atoms with E-state index in [9.17, 15) is 24.1 Å². The first-order valence-electron chi connectivity index (χ1n) is 11.2. The molecule has 6 rings (SSSR count). The molecule has 1 atom stereocenters. The number of benzene rings is 3. The number of aromatic nitrogens is 3. The second-order valence-corrected chi connectivity index (χ2v) is 8.63. The maximum absolute atomic E-state index is 14.6. The van der Waals surface area contributed by atoms with Gasteiger partial charge in [0.25, 0.3) is 11.2 Å². The van der Waals surface area contributed by atoms with E-state index in [2.05, 4.69) is 10.3 Å². The number of halogens is 1. The van der Waals surface area contributed by atoms with E-state index < -0.39 is 22.2 Å². The standard InChI is InChI=1S/C26H18FN5O4/c27-19-6-2-1-5-16(19)14-30-25(34)23-18(15-9-11-17(12-10-15)32(35)36)13-22(33)29-24(23)31-21-8-4-3-7-20(21)28-26(30)31/h1-12,18H,13-14H2,(H,29,33)/t18-/m0/s1. The topological polar surface area (TPSA) is 112 Å². The van der Waals surface area contributed by atoms with Gasteiger partial charge in [0.15, 0.2) is 0 Å². The van der Waals surface area contributed by atoms with Crippen LogP contribution in [0.2, 0.25) is 0 Å².